The summed E-state index contributed by atoms with van der Waals surface area (Å²) in [5.41, 5.74) is 1.80. The Bertz CT molecular complexity index is 310. The average molecular weight is 178 g/mol. The lowest BCUT2D eigenvalue weighted by Crippen LogP contribution is -2.07. The topological polar surface area (TPSA) is 42.9 Å². The molecule has 0 bridgehead atoms. The van der Waals surface area contributed by atoms with Crippen molar-refractivity contribution in [1.82, 2.24) is 9.97 Å². The van der Waals surface area contributed by atoms with Crippen LogP contribution in [0.3, 0.4) is 0 Å². The summed E-state index contributed by atoms with van der Waals surface area (Å²) >= 11 is 0. The van der Waals surface area contributed by atoms with Gasteiger partial charge in [0.25, 0.3) is 0 Å². The fourth-order valence-corrected chi connectivity index (χ4v) is 1.05. The van der Waals surface area contributed by atoms with Crippen molar-refractivity contribution in [2.24, 2.45) is 0 Å². The summed E-state index contributed by atoms with van der Waals surface area (Å²) < 4.78 is 0. The van der Waals surface area contributed by atoms with Gasteiger partial charge in [-0.25, -0.2) is 9.97 Å². The lowest BCUT2D eigenvalue weighted by atomic mass is 10.0. The van der Waals surface area contributed by atoms with Gasteiger partial charge in [-0.05, 0) is 26.3 Å². The lowest BCUT2D eigenvalue weighted by Gasteiger charge is -2.06. The van der Waals surface area contributed by atoms with Gasteiger partial charge in [-0.2, -0.15) is 0 Å². The van der Waals surface area contributed by atoms with E-state index in [9.17, 15) is 4.79 Å². The van der Waals surface area contributed by atoms with Crippen LogP contribution in [-0.4, -0.2) is 15.8 Å². The molecule has 3 heteroatoms. The van der Waals surface area contributed by atoms with Gasteiger partial charge in [0.15, 0.2) is 0 Å². The number of aromatic nitrogens is 2. The van der Waals surface area contributed by atoms with E-state index < -0.39 is 0 Å². The van der Waals surface area contributed by atoms with Crippen LogP contribution in [0.4, 0.5) is 0 Å². The Kier molecular flexibility index (Phi) is 3.12. The number of carbonyl (C=O) groups is 1. The maximum absolute atomic E-state index is 11.1. The predicted molar refractivity (Wildman–Crippen MR) is 50.5 cm³/mol. The smallest absolute Gasteiger partial charge is 0.138 e. The Labute approximate surface area is 78.2 Å². The molecule has 0 N–H and O–H groups in total. The van der Waals surface area contributed by atoms with E-state index in [1.165, 1.54) is 6.33 Å². The molecule has 13 heavy (non-hydrogen) atoms. The zero-order valence-corrected chi connectivity index (χ0v) is 8.24. The number of ketones is 1. The molecule has 0 saturated carbocycles. The van der Waals surface area contributed by atoms with Crippen LogP contribution in [0.5, 0.6) is 0 Å². The molecule has 1 aromatic heterocycles. The molecule has 0 aliphatic heterocycles. The van der Waals surface area contributed by atoms with E-state index in [-0.39, 0.29) is 11.7 Å². The summed E-state index contributed by atoms with van der Waals surface area (Å²) in [5, 5.41) is 0. The molecule has 1 heterocycles. The molecule has 3 nitrogen and oxygen atoms in total. The SMILES string of the molecule is CCc1cc(C(C)C(C)=O)ncn1. The fourth-order valence-electron chi connectivity index (χ4n) is 1.05. The van der Waals surface area contributed by atoms with E-state index in [0.717, 1.165) is 17.8 Å². The highest BCUT2D eigenvalue weighted by Gasteiger charge is 2.11. The third kappa shape index (κ3) is 2.34. The summed E-state index contributed by atoms with van der Waals surface area (Å²) in [6.07, 6.45) is 2.40. The zero-order valence-electron chi connectivity index (χ0n) is 8.24. The summed E-state index contributed by atoms with van der Waals surface area (Å²) in [7, 11) is 0. The van der Waals surface area contributed by atoms with Crippen LogP contribution in [0.15, 0.2) is 12.4 Å². The van der Waals surface area contributed by atoms with Gasteiger partial charge in [0, 0.05) is 5.69 Å². The number of nitrogens with zero attached hydrogens (tertiary/aromatic N) is 2. The van der Waals surface area contributed by atoms with Crippen LogP contribution in [0.1, 0.15) is 38.1 Å². The van der Waals surface area contributed by atoms with E-state index in [0.29, 0.717) is 0 Å². The largest absolute Gasteiger partial charge is 0.299 e. The molecule has 0 fully saturated rings. The van der Waals surface area contributed by atoms with Crippen molar-refractivity contribution in [1.29, 1.82) is 0 Å². The monoisotopic (exact) mass is 178 g/mol. The van der Waals surface area contributed by atoms with Crippen LogP contribution in [0, 0.1) is 0 Å². The lowest BCUT2D eigenvalue weighted by molar-refractivity contribution is -0.118. The first-order valence-corrected chi connectivity index (χ1v) is 4.46. The normalized spacial score (nSPS) is 12.5. The molecule has 0 aliphatic carbocycles. The van der Waals surface area contributed by atoms with E-state index >= 15 is 0 Å². The molecule has 1 atom stereocenters. The van der Waals surface area contributed by atoms with Crippen LogP contribution >= 0.6 is 0 Å². The summed E-state index contributed by atoms with van der Waals surface area (Å²) in [4.78, 5) is 19.2. The number of carbonyl (C=O) groups excluding carboxylic acids is 1. The fraction of sp³-hybridized carbons (Fsp3) is 0.500. The highest BCUT2D eigenvalue weighted by molar-refractivity contribution is 5.82. The minimum absolute atomic E-state index is 0.117. The number of Topliss-reactive ketones (excluding diaryl/α,β-unsaturated/α-hetero) is 1. The Morgan fingerprint density at radius 3 is 2.77 bits per heavy atom. The number of hydrogen-bond donors (Lipinski definition) is 0. The molecule has 0 spiro atoms. The van der Waals surface area contributed by atoms with Crippen LogP contribution in [-0.2, 0) is 11.2 Å². The maximum Gasteiger partial charge on any atom is 0.138 e. The maximum atomic E-state index is 11.1. The molecule has 1 aromatic rings. The second-order valence-electron chi connectivity index (χ2n) is 3.12. The number of hydrogen-bond acceptors (Lipinski definition) is 3. The molecular formula is C10H14N2O. The molecule has 0 radical (unpaired) electrons. The summed E-state index contributed by atoms with van der Waals surface area (Å²) in [6, 6.07) is 1.89. The number of rotatable bonds is 3. The van der Waals surface area contributed by atoms with Crippen molar-refractivity contribution >= 4 is 5.78 Å². The molecule has 1 rings (SSSR count). The highest BCUT2D eigenvalue weighted by atomic mass is 16.1. The minimum atomic E-state index is -0.117. The predicted octanol–water partition coefficient (Wildman–Crippen LogP) is 1.73. The van der Waals surface area contributed by atoms with E-state index in [1.54, 1.807) is 6.92 Å². The van der Waals surface area contributed by atoms with Gasteiger partial charge in [0.1, 0.15) is 12.1 Å². The van der Waals surface area contributed by atoms with Gasteiger partial charge in [-0.1, -0.05) is 6.92 Å². The third-order valence-electron chi connectivity index (χ3n) is 2.16. The molecule has 1 unspecified atom stereocenters. The van der Waals surface area contributed by atoms with Gasteiger partial charge < -0.3 is 0 Å². The average Bonchev–Trinajstić information content (AvgIpc) is 2.16. The Morgan fingerprint density at radius 1 is 1.54 bits per heavy atom. The molecule has 70 valence electrons. The molecule has 0 amide bonds. The van der Waals surface area contributed by atoms with Crippen molar-refractivity contribution < 1.29 is 4.79 Å². The van der Waals surface area contributed by atoms with Crippen molar-refractivity contribution in [2.75, 3.05) is 0 Å². The van der Waals surface area contributed by atoms with E-state index in [2.05, 4.69) is 9.97 Å². The minimum Gasteiger partial charge on any atom is -0.299 e. The van der Waals surface area contributed by atoms with Crippen molar-refractivity contribution in [3.63, 3.8) is 0 Å². The van der Waals surface area contributed by atoms with Crippen molar-refractivity contribution in [3.8, 4) is 0 Å². The van der Waals surface area contributed by atoms with Gasteiger partial charge >= 0.3 is 0 Å². The highest BCUT2D eigenvalue weighted by Crippen LogP contribution is 2.13. The second-order valence-corrected chi connectivity index (χ2v) is 3.12. The Hall–Kier alpha value is -1.25. The van der Waals surface area contributed by atoms with Crippen molar-refractivity contribution in [2.45, 2.75) is 33.1 Å². The first-order chi connectivity index (χ1) is 6.15. The molecular weight excluding hydrogens is 164 g/mol. The van der Waals surface area contributed by atoms with E-state index in [1.807, 2.05) is 19.9 Å². The van der Waals surface area contributed by atoms with Crippen LogP contribution in [0.25, 0.3) is 0 Å². The Balaban J connectivity index is 2.94. The van der Waals surface area contributed by atoms with Gasteiger partial charge in [0.05, 0.1) is 11.6 Å². The zero-order chi connectivity index (χ0) is 9.84. The first kappa shape index (κ1) is 9.84. The quantitative estimate of drug-likeness (QED) is 0.708. The first-order valence-electron chi connectivity index (χ1n) is 4.46. The molecule has 0 aromatic carbocycles. The second kappa shape index (κ2) is 4.12. The molecule has 0 saturated heterocycles. The van der Waals surface area contributed by atoms with Crippen LogP contribution < -0.4 is 0 Å². The van der Waals surface area contributed by atoms with Gasteiger partial charge in [-0.3, -0.25) is 4.79 Å². The summed E-state index contributed by atoms with van der Waals surface area (Å²) in [6.45, 7) is 5.48. The Morgan fingerprint density at radius 2 is 2.23 bits per heavy atom. The number of aryl methyl sites for hydroxylation is 1. The summed E-state index contributed by atoms with van der Waals surface area (Å²) in [5.74, 6) is 0.0223. The van der Waals surface area contributed by atoms with Gasteiger partial charge in [-0.15, -0.1) is 0 Å². The van der Waals surface area contributed by atoms with E-state index in [4.69, 9.17) is 0 Å². The van der Waals surface area contributed by atoms with Crippen LogP contribution in [0.2, 0.25) is 0 Å². The molecule has 0 aliphatic rings. The van der Waals surface area contributed by atoms with Crippen molar-refractivity contribution in [3.05, 3.63) is 23.8 Å². The standard InChI is InChI=1S/C10H14N2O/c1-4-9-5-10(12-6-11-9)7(2)8(3)13/h5-7H,4H2,1-3H3. The third-order valence-corrected chi connectivity index (χ3v) is 2.16. The van der Waals surface area contributed by atoms with Gasteiger partial charge in [0.2, 0.25) is 0 Å².